The lowest BCUT2D eigenvalue weighted by Crippen LogP contribution is -2.06. The van der Waals surface area contributed by atoms with Crippen molar-refractivity contribution in [3.05, 3.63) is 87.6 Å². The van der Waals surface area contributed by atoms with Gasteiger partial charge in [-0.25, -0.2) is 4.98 Å². The number of nitrogens with one attached hydrogen (secondary N) is 2. The number of nitro groups is 1. The standard InChI is InChI=1S/C19H18N6O2/c1-14-10-18(23-19(22-14)20-12-15-6-3-2-4-7-15)24-21-13-16-8-5-9-17(11-16)25(26)27/h2-11,13H,12H2,1H3,(H2,20,22,23,24)/b21-13+. The highest BCUT2D eigenvalue weighted by atomic mass is 16.6. The van der Waals surface area contributed by atoms with E-state index in [4.69, 9.17) is 0 Å². The summed E-state index contributed by atoms with van der Waals surface area (Å²) in [5.74, 6) is 1.02. The summed E-state index contributed by atoms with van der Waals surface area (Å²) >= 11 is 0. The molecule has 0 saturated heterocycles. The van der Waals surface area contributed by atoms with Crippen molar-refractivity contribution in [1.29, 1.82) is 0 Å². The summed E-state index contributed by atoms with van der Waals surface area (Å²) in [5.41, 5.74) is 5.37. The molecule has 0 amide bonds. The first-order valence-electron chi connectivity index (χ1n) is 8.27. The van der Waals surface area contributed by atoms with E-state index in [1.54, 1.807) is 18.2 Å². The molecule has 0 aliphatic heterocycles. The van der Waals surface area contributed by atoms with Gasteiger partial charge in [0.05, 0.1) is 11.1 Å². The number of hydrazone groups is 1. The lowest BCUT2D eigenvalue weighted by atomic mass is 10.2. The SMILES string of the molecule is Cc1cc(N/N=C/c2cccc([N+](=O)[O-])c2)nc(NCc2ccccc2)n1. The second-order valence-corrected chi connectivity index (χ2v) is 5.78. The maximum Gasteiger partial charge on any atom is 0.270 e. The fourth-order valence-corrected chi connectivity index (χ4v) is 2.37. The van der Waals surface area contributed by atoms with Crippen LogP contribution in [0.1, 0.15) is 16.8 Å². The zero-order chi connectivity index (χ0) is 19.1. The Kier molecular flexibility index (Phi) is 5.68. The Labute approximate surface area is 156 Å². The molecule has 2 aromatic carbocycles. The largest absolute Gasteiger partial charge is 0.350 e. The second kappa shape index (κ2) is 8.52. The third-order valence-electron chi connectivity index (χ3n) is 3.62. The Hall–Kier alpha value is -3.81. The van der Waals surface area contributed by atoms with Gasteiger partial charge in [0.1, 0.15) is 0 Å². The molecule has 8 nitrogen and oxygen atoms in total. The van der Waals surface area contributed by atoms with Crippen LogP contribution in [0, 0.1) is 17.0 Å². The van der Waals surface area contributed by atoms with Gasteiger partial charge in [-0.05, 0) is 12.5 Å². The van der Waals surface area contributed by atoms with Crippen molar-refractivity contribution in [2.75, 3.05) is 10.7 Å². The van der Waals surface area contributed by atoms with Gasteiger partial charge in [0.2, 0.25) is 5.95 Å². The molecular formula is C19H18N6O2. The molecular weight excluding hydrogens is 344 g/mol. The predicted molar refractivity (Wildman–Crippen MR) is 105 cm³/mol. The quantitative estimate of drug-likeness (QED) is 0.377. The Morgan fingerprint density at radius 3 is 2.70 bits per heavy atom. The Morgan fingerprint density at radius 2 is 1.93 bits per heavy atom. The molecule has 0 radical (unpaired) electrons. The average Bonchev–Trinajstić information content (AvgIpc) is 2.67. The fourth-order valence-electron chi connectivity index (χ4n) is 2.37. The first-order valence-corrected chi connectivity index (χ1v) is 8.27. The van der Waals surface area contributed by atoms with Crippen molar-refractivity contribution in [3.8, 4) is 0 Å². The van der Waals surface area contributed by atoms with Crippen LogP contribution in [-0.2, 0) is 6.54 Å². The van der Waals surface area contributed by atoms with Gasteiger partial charge in [0.15, 0.2) is 5.82 Å². The Bertz CT molecular complexity index is 959. The summed E-state index contributed by atoms with van der Waals surface area (Å²) in [7, 11) is 0. The van der Waals surface area contributed by atoms with E-state index in [9.17, 15) is 10.1 Å². The van der Waals surface area contributed by atoms with E-state index in [0.29, 0.717) is 23.9 Å². The molecule has 3 rings (SSSR count). The molecule has 0 bridgehead atoms. The van der Waals surface area contributed by atoms with Gasteiger partial charge in [-0.1, -0.05) is 42.5 Å². The molecule has 3 aromatic rings. The molecule has 27 heavy (non-hydrogen) atoms. The molecule has 0 fully saturated rings. The maximum absolute atomic E-state index is 10.8. The summed E-state index contributed by atoms with van der Waals surface area (Å²) in [6.07, 6.45) is 1.50. The Morgan fingerprint density at radius 1 is 1.11 bits per heavy atom. The molecule has 0 unspecified atom stereocenters. The van der Waals surface area contributed by atoms with Crippen molar-refractivity contribution in [2.24, 2.45) is 5.10 Å². The molecule has 1 aromatic heterocycles. The van der Waals surface area contributed by atoms with Crippen molar-refractivity contribution in [1.82, 2.24) is 9.97 Å². The molecule has 0 aliphatic carbocycles. The summed E-state index contributed by atoms with van der Waals surface area (Å²) in [5, 5.41) is 18.1. The van der Waals surface area contributed by atoms with Crippen LogP contribution in [0.3, 0.4) is 0 Å². The van der Waals surface area contributed by atoms with E-state index >= 15 is 0 Å². The van der Waals surface area contributed by atoms with E-state index in [-0.39, 0.29) is 5.69 Å². The third kappa shape index (κ3) is 5.33. The topological polar surface area (TPSA) is 105 Å². The summed E-state index contributed by atoms with van der Waals surface area (Å²) in [6.45, 7) is 2.48. The highest BCUT2D eigenvalue weighted by Crippen LogP contribution is 2.13. The fraction of sp³-hybridized carbons (Fsp3) is 0.105. The van der Waals surface area contributed by atoms with Gasteiger partial charge < -0.3 is 5.32 Å². The van der Waals surface area contributed by atoms with Crippen LogP contribution in [0.2, 0.25) is 0 Å². The molecule has 0 atom stereocenters. The smallest absolute Gasteiger partial charge is 0.270 e. The maximum atomic E-state index is 10.8. The first-order chi connectivity index (χ1) is 13.1. The van der Waals surface area contributed by atoms with Gasteiger partial charge in [-0.2, -0.15) is 10.1 Å². The lowest BCUT2D eigenvalue weighted by Gasteiger charge is -2.08. The number of non-ortho nitro benzene ring substituents is 1. The average molecular weight is 362 g/mol. The van der Waals surface area contributed by atoms with Gasteiger partial charge in [-0.3, -0.25) is 15.5 Å². The van der Waals surface area contributed by atoms with Crippen LogP contribution < -0.4 is 10.7 Å². The second-order valence-electron chi connectivity index (χ2n) is 5.78. The van der Waals surface area contributed by atoms with Gasteiger partial charge in [0.25, 0.3) is 5.69 Å². The van der Waals surface area contributed by atoms with Gasteiger partial charge in [-0.15, -0.1) is 0 Å². The highest BCUT2D eigenvalue weighted by Gasteiger charge is 2.04. The molecule has 0 saturated carbocycles. The number of aromatic nitrogens is 2. The van der Waals surface area contributed by atoms with Crippen molar-refractivity contribution < 1.29 is 4.92 Å². The molecule has 8 heteroatoms. The zero-order valence-corrected chi connectivity index (χ0v) is 14.7. The van der Waals surface area contributed by atoms with Crippen LogP contribution in [0.15, 0.2) is 65.8 Å². The minimum atomic E-state index is -0.441. The zero-order valence-electron chi connectivity index (χ0n) is 14.7. The monoisotopic (exact) mass is 362 g/mol. The van der Waals surface area contributed by atoms with E-state index in [1.165, 1.54) is 18.3 Å². The summed E-state index contributed by atoms with van der Waals surface area (Å²) in [4.78, 5) is 19.1. The van der Waals surface area contributed by atoms with Crippen molar-refractivity contribution in [2.45, 2.75) is 13.5 Å². The van der Waals surface area contributed by atoms with E-state index < -0.39 is 4.92 Å². The lowest BCUT2D eigenvalue weighted by molar-refractivity contribution is -0.384. The minimum absolute atomic E-state index is 0.0178. The number of hydrogen-bond acceptors (Lipinski definition) is 7. The van der Waals surface area contributed by atoms with Crippen LogP contribution in [0.4, 0.5) is 17.5 Å². The van der Waals surface area contributed by atoms with Crippen LogP contribution in [-0.4, -0.2) is 21.1 Å². The van der Waals surface area contributed by atoms with E-state index in [0.717, 1.165) is 11.3 Å². The summed E-state index contributed by atoms with van der Waals surface area (Å²) in [6, 6.07) is 17.9. The van der Waals surface area contributed by atoms with Crippen LogP contribution in [0.25, 0.3) is 0 Å². The van der Waals surface area contributed by atoms with Crippen LogP contribution in [0.5, 0.6) is 0 Å². The number of nitro benzene ring substituents is 1. The van der Waals surface area contributed by atoms with Gasteiger partial charge >= 0.3 is 0 Å². The van der Waals surface area contributed by atoms with Crippen LogP contribution >= 0.6 is 0 Å². The number of hydrogen-bond donors (Lipinski definition) is 2. The van der Waals surface area contributed by atoms with E-state index in [1.807, 2.05) is 37.3 Å². The minimum Gasteiger partial charge on any atom is -0.350 e. The number of rotatable bonds is 7. The predicted octanol–water partition coefficient (Wildman–Crippen LogP) is 3.75. The molecule has 0 aliphatic rings. The first kappa shape index (κ1) is 18.0. The highest BCUT2D eigenvalue weighted by molar-refractivity contribution is 5.81. The van der Waals surface area contributed by atoms with Crippen molar-refractivity contribution >= 4 is 23.7 Å². The van der Waals surface area contributed by atoms with E-state index in [2.05, 4.69) is 25.8 Å². The molecule has 136 valence electrons. The third-order valence-corrected chi connectivity index (χ3v) is 3.62. The molecule has 2 N–H and O–H groups in total. The number of nitrogens with zero attached hydrogens (tertiary/aromatic N) is 4. The number of benzene rings is 2. The normalized spacial score (nSPS) is 10.7. The van der Waals surface area contributed by atoms with Crippen molar-refractivity contribution in [3.63, 3.8) is 0 Å². The van der Waals surface area contributed by atoms with Gasteiger partial charge in [0, 0.05) is 36.0 Å². The number of anilines is 2. The molecule has 1 heterocycles. The number of aryl methyl sites for hydroxylation is 1. The molecule has 0 spiro atoms. The summed E-state index contributed by atoms with van der Waals surface area (Å²) < 4.78 is 0. The Balaban J connectivity index is 1.65.